The summed E-state index contributed by atoms with van der Waals surface area (Å²) in [6.45, 7) is 7.33. The monoisotopic (exact) mass is 295 g/mol. The predicted octanol–water partition coefficient (Wildman–Crippen LogP) is 2.86. The molecule has 0 bridgehead atoms. The van der Waals surface area contributed by atoms with Crippen LogP contribution in [0.2, 0.25) is 0 Å². The second-order valence-electron chi connectivity index (χ2n) is 5.33. The van der Waals surface area contributed by atoms with Crippen LogP contribution < -0.4 is 14.8 Å². The average Bonchev–Trinajstić information content (AvgIpc) is 2.45. The van der Waals surface area contributed by atoms with Crippen LogP contribution in [-0.4, -0.2) is 31.3 Å². The minimum Gasteiger partial charge on any atom is -0.493 e. The Morgan fingerprint density at radius 3 is 2.57 bits per heavy atom. The minimum atomic E-state index is -0.903. The van der Waals surface area contributed by atoms with Crippen molar-refractivity contribution in [3.8, 4) is 11.5 Å². The summed E-state index contributed by atoms with van der Waals surface area (Å²) in [5, 5.41) is 12.4. The molecule has 0 radical (unpaired) electrons. The summed E-state index contributed by atoms with van der Waals surface area (Å²) in [5.74, 6) is 0.662. The van der Waals surface area contributed by atoms with Gasteiger partial charge in [-0.2, -0.15) is 0 Å². The summed E-state index contributed by atoms with van der Waals surface area (Å²) < 4.78 is 10.9. The first kappa shape index (κ1) is 17.3. The molecule has 0 heterocycles. The number of rotatable bonds is 9. The number of carboxylic acids is 1. The molecule has 1 aromatic rings. The van der Waals surface area contributed by atoms with Gasteiger partial charge < -0.3 is 19.9 Å². The minimum absolute atomic E-state index is 0.376. The summed E-state index contributed by atoms with van der Waals surface area (Å²) in [6, 6.07) is 4.50. The Bertz CT molecular complexity index is 460. The van der Waals surface area contributed by atoms with Crippen molar-refractivity contribution in [2.75, 3.05) is 20.3 Å². The third kappa shape index (κ3) is 5.27. The van der Waals surface area contributed by atoms with E-state index in [0.717, 1.165) is 6.42 Å². The molecule has 0 amide bonds. The van der Waals surface area contributed by atoms with Crippen LogP contribution in [0.5, 0.6) is 11.5 Å². The topological polar surface area (TPSA) is 67.8 Å². The van der Waals surface area contributed by atoms with Crippen LogP contribution in [0.1, 0.15) is 38.8 Å². The molecule has 0 aliphatic heterocycles. The second-order valence-corrected chi connectivity index (χ2v) is 5.33. The van der Waals surface area contributed by atoms with Gasteiger partial charge in [-0.05, 0) is 36.6 Å². The van der Waals surface area contributed by atoms with Crippen LogP contribution >= 0.6 is 0 Å². The highest BCUT2D eigenvalue weighted by Crippen LogP contribution is 2.30. The standard InChI is InChI=1S/C16H25NO4/c1-5-8-21-13-7-6-12(9-14(13)20-4)15(16(18)19)17-10-11(2)3/h6-7,9,11,15,17H,5,8,10H2,1-4H3,(H,18,19). The molecule has 1 aromatic carbocycles. The summed E-state index contributed by atoms with van der Waals surface area (Å²) in [6.07, 6.45) is 0.901. The maximum absolute atomic E-state index is 11.4. The lowest BCUT2D eigenvalue weighted by molar-refractivity contribution is -0.139. The maximum Gasteiger partial charge on any atom is 0.325 e. The fourth-order valence-corrected chi connectivity index (χ4v) is 1.90. The largest absolute Gasteiger partial charge is 0.493 e. The van der Waals surface area contributed by atoms with E-state index in [-0.39, 0.29) is 0 Å². The van der Waals surface area contributed by atoms with E-state index in [1.807, 2.05) is 20.8 Å². The van der Waals surface area contributed by atoms with Crippen molar-refractivity contribution < 1.29 is 19.4 Å². The van der Waals surface area contributed by atoms with Crippen LogP contribution in [0.4, 0.5) is 0 Å². The lowest BCUT2D eigenvalue weighted by Crippen LogP contribution is -2.31. The lowest BCUT2D eigenvalue weighted by Gasteiger charge is -2.18. The Morgan fingerprint density at radius 2 is 2.05 bits per heavy atom. The van der Waals surface area contributed by atoms with Gasteiger partial charge in [0.15, 0.2) is 11.5 Å². The molecule has 1 atom stereocenters. The average molecular weight is 295 g/mol. The quantitative estimate of drug-likeness (QED) is 0.733. The van der Waals surface area contributed by atoms with Gasteiger partial charge in [0.05, 0.1) is 13.7 Å². The van der Waals surface area contributed by atoms with Crippen LogP contribution in [0, 0.1) is 5.92 Å². The molecule has 0 fully saturated rings. The van der Waals surface area contributed by atoms with Gasteiger partial charge in [-0.15, -0.1) is 0 Å². The molecule has 5 heteroatoms. The summed E-state index contributed by atoms with van der Waals surface area (Å²) in [5.41, 5.74) is 0.656. The van der Waals surface area contributed by atoms with Gasteiger partial charge >= 0.3 is 5.97 Å². The Labute approximate surface area is 126 Å². The van der Waals surface area contributed by atoms with Gasteiger partial charge in [-0.3, -0.25) is 4.79 Å². The summed E-state index contributed by atoms with van der Waals surface area (Å²) in [4.78, 5) is 11.4. The van der Waals surface area contributed by atoms with E-state index in [1.54, 1.807) is 25.3 Å². The molecular weight excluding hydrogens is 270 g/mol. The van der Waals surface area contributed by atoms with E-state index in [1.165, 1.54) is 0 Å². The van der Waals surface area contributed by atoms with Gasteiger partial charge in [0, 0.05) is 0 Å². The van der Waals surface area contributed by atoms with Crippen molar-refractivity contribution in [3.63, 3.8) is 0 Å². The molecule has 1 rings (SSSR count). The Balaban J connectivity index is 2.95. The number of methoxy groups -OCH3 is 1. The number of carboxylic acid groups (broad SMARTS) is 1. The third-order valence-corrected chi connectivity index (χ3v) is 2.96. The highest BCUT2D eigenvalue weighted by atomic mass is 16.5. The van der Waals surface area contributed by atoms with Gasteiger partial charge in [-0.1, -0.05) is 26.8 Å². The molecule has 0 saturated heterocycles. The van der Waals surface area contributed by atoms with Crippen LogP contribution in [0.15, 0.2) is 18.2 Å². The highest BCUT2D eigenvalue weighted by Gasteiger charge is 2.21. The zero-order chi connectivity index (χ0) is 15.8. The van der Waals surface area contributed by atoms with Crippen LogP contribution in [0.25, 0.3) is 0 Å². The predicted molar refractivity (Wildman–Crippen MR) is 82.0 cm³/mol. The molecular formula is C16H25NO4. The summed E-state index contributed by atoms with van der Waals surface area (Å²) in [7, 11) is 1.55. The van der Waals surface area contributed by atoms with E-state index >= 15 is 0 Å². The Hall–Kier alpha value is -1.75. The fraction of sp³-hybridized carbons (Fsp3) is 0.562. The zero-order valence-electron chi connectivity index (χ0n) is 13.2. The first-order valence-corrected chi connectivity index (χ1v) is 7.26. The smallest absolute Gasteiger partial charge is 0.325 e. The normalized spacial score (nSPS) is 12.2. The Kier molecular flexibility index (Phi) is 7.02. The van der Waals surface area contributed by atoms with Crippen molar-refractivity contribution in [1.29, 1.82) is 0 Å². The Morgan fingerprint density at radius 1 is 1.33 bits per heavy atom. The molecule has 0 spiro atoms. The number of hydrogen-bond donors (Lipinski definition) is 2. The molecule has 0 aromatic heterocycles. The van der Waals surface area contributed by atoms with E-state index in [9.17, 15) is 9.90 Å². The van der Waals surface area contributed by atoms with Crippen LogP contribution in [0.3, 0.4) is 0 Å². The van der Waals surface area contributed by atoms with Gasteiger partial charge in [0.25, 0.3) is 0 Å². The number of hydrogen-bond acceptors (Lipinski definition) is 4. The maximum atomic E-state index is 11.4. The second kappa shape index (κ2) is 8.52. The zero-order valence-corrected chi connectivity index (χ0v) is 13.2. The number of nitrogens with one attached hydrogen (secondary N) is 1. The van der Waals surface area contributed by atoms with E-state index in [0.29, 0.717) is 36.1 Å². The van der Waals surface area contributed by atoms with Gasteiger partial charge in [0.1, 0.15) is 6.04 Å². The number of benzene rings is 1. The first-order chi connectivity index (χ1) is 9.99. The van der Waals surface area contributed by atoms with E-state index in [2.05, 4.69) is 5.32 Å². The lowest BCUT2D eigenvalue weighted by atomic mass is 10.1. The number of ether oxygens (including phenoxy) is 2. The van der Waals surface area contributed by atoms with Gasteiger partial charge in [0.2, 0.25) is 0 Å². The van der Waals surface area contributed by atoms with Crippen molar-refractivity contribution in [2.45, 2.75) is 33.2 Å². The van der Waals surface area contributed by atoms with E-state index in [4.69, 9.17) is 9.47 Å². The molecule has 1 unspecified atom stereocenters. The molecule has 2 N–H and O–H groups in total. The molecule has 118 valence electrons. The fourth-order valence-electron chi connectivity index (χ4n) is 1.90. The summed E-state index contributed by atoms with van der Waals surface area (Å²) >= 11 is 0. The third-order valence-electron chi connectivity index (χ3n) is 2.96. The molecule has 0 saturated carbocycles. The molecule has 0 aliphatic carbocycles. The van der Waals surface area contributed by atoms with Crippen molar-refractivity contribution in [3.05, 3.63) is 23.8 Å². The van der Waals surface area contributed by atoms with Crippen molar-refractivity contribution >= 4 is 5.97 Å². The van der Waals surface area contributed by atoms with E-state index < -0.39 is 12.0 Å². The number of aliphatic carboxylic acids is 1. The molecule has 5 nitrogen and oxygen atoms in total. The SMILES string of the molecule is CCCOc1ccc(C(NCC(C)C)C(=O)O)cc1OC. The van der Waals surface area contributed by atoms with Crippen LogP contribution in [-0.2, 0) is 4.79 Å². The number of carbonyl (C=O) groups is 1. The first-order valence-electron chi connectivity index (χ1n) is 7.26. The molecule has 0 aliphatic rings. The molecule has 21 heavy (non-hydrogen) atoms. The van der Waals surface area contributed by atoms with Crippen molar-refractivity contribution in [2.24, 2.45) is 5.92 Å². The van der Waals surface area contributed by atoms with Crippen molar-refractivity contribution in [1.82, 2.24) is 5.32 Å². The highest BCUT2D eigenvalue weighted by molar-refractivity contribution is 5.76. The van der Waals surface area contributed by atoms with Gasteiger partial charge in [-0.25, -0.2) is 0 Å².